The van der Waals surface area contributed by atoms with E-state index >= 15 is 0 Å². The third-order valence-electron chi connectivity index (χ3n) is 4.04. The standard InChI is InChI=1S/C11H16FN4O13P3/c12-3-10(5-26-31(22,23)29-32(24,25)28-30(20)21)7(17)8(18)11(4-13,27-10)16-2-1-6(14)15-9(16)19/h1-2,7-8,17-18,30H,3,5H2,(H,20,21)(H,22,23)(H,24,25)(H2,14,15,19)/t7-,8+,10+,11+/m0/s1. The van der Waals surface area contributed by atoms with Crippen LogP contribution in [0.25, 0.3) is 0 Å². The number of nitriles is 1. The van der Waals surface area contributed by atoms with E-state index in [1.807, 2.05) is 0 Å². The fourth-order valence-corrected chi connectivity index (χ4v) is 5.49. The number of rotatable bonds is 9. The van der Waals surface area contributed by atoms with Crippen LogP contribution in [0.4, 0.5) is 10.2 Å². The van der Waals surface area contributed by atoms with E-state index in [0.29, 0.717) is 4.57 Å². The molecule has 2 heterocycles. The van der Waals surface area contributed by atoms with E-state index in [1.54, 1.807) is 0 Å². The summed E-state index contributed by atoms with van der Waals surface area (Å²) in [5, 5.41) is 30.2. The number of phosphoric acid groups is 2. The summed E-state index contributed by atoms with van der Waals surface area (Å²) in [4.78, 5) is 42.5. The van der Waals surface area contributed by atoms with Crippen molar-refractivity contribution in [3.05, 3.63) is 22.7 Å². The van der Waals surface area contributed by atoms with Crippen molar-refractivity contribution in [1.29, 1.82) is 5.26 Å². The van der Waals surface area contributed by atoms with Crippen molar-refractivity contribution in [2.24, 2.45) is 0 Å². The monoisotopic (exact) mass is 524 g/mol. The number of aromatic nitrogens is 2. The zero-order chi connectivity index (χ0) is 24.5. The molecule has 32 heavy (non-hydrogen) atoms. The maximum absolute atomic E-state index is 13.9. The molecule has 7 N–H and O–H groups in total. The molecule has 1 fully saturated rings. The molecule has 1 aliphatic heterocycles. The molecule has 0 amide bonds. The van der Waals surface area contributed by atoms with Crippen molar-refractivity contribution in [3.8, 4) is 6.07 Å². The van der Waals surface area contributed by atoms with E-state index in [1.165, 1.54) is 6.07 Å². The van der Waals surface area contributed by atoms with Crippen molar-refractivity contribution in [3.63, 3.8) is 0 Å². The second-order valence-electron chi connectivity index (χ2n) is 6.15. The molecule has 1 aromatic heterocycles. The van der Waals surface area contributed by atoms with Gasteiger partial charge in [-0.3, -0.25) is 13.7 Å². The normalized spacial score (nSPS) is 32.5. The Labute approximate surface area is 177 Å². The zero-order valence-corrected chi connectivity index (χ0v) is 18.2. The molecule has 1 aromatic rings. The lowest BCUT2D eigenvalue weighted by Gasteiger charge is -2.30. The molecule has 0 bridgehead atoms. The maximum Gasteiger partial charge on any atom is 0.488 e. The summed E-state index contributed by atoms with van der Waals surface area (Å²) in [7, 11) is -15.4. The van der Waals surface area contributed by atoms with Crippen LogP contribution in [0.2, 0.25) is 0 Å². The number of phosphoric ester groups is 1. The highest BCUT2D eigenvalue weighted by molar-refractivity contribution is 7.64. The average molecular weight is 524 g/mol. The van der Waals surface area contributed by atoms with Gasteiger partial charge < -0.3 is 35.4 Å². The summed E-state index contributed by atoms with van der Waals surface area (Å²) >= 11 is 0. The van der Waals surface area contributed by atoms with Crippen molar-refractivity contribution < 1.29 is 60.9 Å². The predicted octanol–water partition coefficient (Wildman–Crippen LogP) is -1.91. The Morgan fingerprint density at radius 1 is 1.38 bits per heavy atom. The van der Waals surface area contributed by atoms with Gasteiger partial charge in [0.25, 0.3) is 5.72 Å². The third kappa shape index (κ3) is 5.32. The molecule has 0 saturated carbocycles. The lowest BCUT2D eigenvalue weighted by molar-refractivity contribution is -0.167. The number of anilines is 1. The Balaban J connectivity index is 2.36. The van der Waals surface area contributed by atoms with Gasteiger partial charge in [0.1, 0.15) is 30.8 Å². The van der Waals surface area contributed by atoms with Gasteiger partial charge in [0, 0.05) is 6.20 Å². The van der Waals surface area contributed by atoms with Gasteiger partial charge in [-0.05, 0) is 6.07 Å². The zero-order valence-electron chi connectivity index (χ0n) is 15.4. The fraction of sp³-hybridized carbons (Fsp3) is 0.545. The van der Waals surface area contributed by atoms with Crippen LogP contribution in [0.3, 0.4) is 0 Å². The largest absolute Gasteiger partial charge is 0.488 e. The molecule has 2 rings (SSSR count). The van der Waals surface area contributed by atoms with E-state index in [4.69, 9.17) is 20.3 Å². The number of nitrogens with two attached hydrogens (primary N) is 1. The number of aliphatic hydroxyl groups excluding tert-OH is 2. The van der Waals surface area contributed by atoms with Gasteiger partial charge in [-0.1, -0.05) is 0 Å². The van der Waals surface area contributed by atoms with Crippen molar-refractivity contribution >= 4 is 29.7 Å². The van der Waals surface area contributed by atoms with Crippen molar-refractivity contribution in [1.82, 2.24) is 9.55 Å². The highest BCUT2D eigenvalue weighted by Crippen LogP contribution is 2.63. The molecule has 1 saturated heterocycles. The van der Waals surface area contributed by atoms with E-state index in [-0.39, 0.29) is 5.82 Å². The predicted molar refractivity (Wildman–Crippen MR) is 97.3 cm³/mol. The van der Waals surface area contributed by atoms with Crippen molar-refractivity contribution in [2.75, 3.05) is 19.0 Å². The van der Waals surface area contributed by atoms with Crippen molar-refractivity contribution in [2.45, 2.75) is 23.5 Å². The molecular formula is C11H16FN4O13P3. The van der Waals surface area contributed by atoms with Gasteiger partial charge in [-0.25, -0.2) is 22.6 Å². The molecule has 7 atom stereocenters. The van der Waals surface area contributed by atoms with Gasteiger partial charge >= 0.3 is 29.6 Å². The summed E-state index contributed by atoms with van der Waals surface area (Å²) in [5.74, 6) is -0.285. The van der Waals surface area contributed by atoms with Crippen LogP contribution < -0.4 is 11.4 Å². The minimum Gasteiger partial charge on any atom is -0.387 e. The summed E-state index contributed by atoms with van der Waals surface area (Å²) in [6, 6.07) is 2.39. The first-order chi connectivity index (χ1) is 14.6. The molecule has 0 aromatic carbocycles. The van der Waals surface area contributed by atoms with Gasteiger partial charge in [0.05, 0.1) is 6.61 Å². The number of halogens is 1. The first kappa shape index (κ1) is 26.7. The number of nitrogen functional groups attached to an aromatic ring is 1. The van der Waals surface area contributed by atoms with E-state index in [0.717, 1.165) is 12.3 Å². The Hall–Kier alpha value is -1.57. The summed E-state index contributed by atoms with van der Waals surface area (Å²) in [6.45, 7) is -3.28. The van der Waals surface area contributed by atoms with E-state index in [2.05, 4.69) is 18.1 Å². The number of nitrogens with zero attached hydrogens (tertiary/aromatic N) is 3. The van der Waals surface area contributed by atoms with Gasteiger partial charge in [-0.15, -0.1) is 0 Å². The molecule has 0 radical (unpaired) electrons. The number of hydrogen-bond donors (Lipinski definition) is 6. The molecule has 21 heteroatoms. The number of aliphatic hydroxyl groups is 2. The van der Waals surface area contributed by atoms with Gasteiger partial charge in [-0.2, -0.15) is 14.6 Å². The minimum absolute atomic E-state index is 0.285. The summed E-state index contributed by atoms with van der Waals surface area (Å²) in [5.41, 5.74) is -1.52. The van der Waals surface area contributed by atoms with Crippen LogP contribution in [-0.2, 0) is 37.3 Å². The van der Waals surface area contributed by atoms with Crippen LogP contribution >= 0.6 is 23.9 Å². The lowest BCUT2D eigenvalue weighted by atomic mass is 9.95. The minimum atomic E-state index is -5.65. The maximum atomic E-state index is 13.9. The fourth-order valence-electron chi connectivity index (χ4n) is 2.66. The van der Waals surface area contributed by atoms with Crippen LogP contribution in [-0.4, -0.2) is 65.5 Å². The molecule has 1 aliphatic rings. The highest BCUT2D eigenvalue weighted by atomic mass is 31.3. The average Bonchev–Trinajstić information content (AvgIpc) is 2.87. The van der Waals surface area contributed by atoms with Crippen LogP contribution in [0.15, 0.2) is 17.1 Å². The quantitative estimate of drug-likeness (QED) is 0.192. The second kappa shape index (κ2) is 9.35. The SMILES string of the molecule is N#C[C@@]1(n2ccc(N)nc2=O)O[C@](CF)(COP(=O)(O)OP(=O)(O)O[PH](=O)O)[C@@H](O)[C@H]1O. The Kier molecular flexibility index (Phi) is 7.80. The summed E-state index contributed by atoms with van der Waals surface area (Å²) < 4.78 is 64.7. The second-order valence-corrected chi connectivity index (χ2v) is 10.2. The molecule has 180 valence electrons. The third-order valence-corrected chi connectivity index (χ3v) is 7.69. The number of hydrogen-bond acceptors (Lipinski definition) is 13. The Bertz CT molecular complexity index is 1100. The van der Waals surface area contributed by atoms with E-state index in [9.17, 15) is 43.2 Å². The van der Waals surface area contributed by atoms with Crippen LogP contribution in [0.1, 0.15) is 0 Å². The molecule has 0 spiro atoms. The Morgan fingerprint density at radius 2 is 2.00 bits per heavy atom. The smallest absolute Gasteiger partial charge is 0.387 e. The first-order valence-electron chi connectivity index (χ1n) is 7.97. The molecule has 0 aliphatic carbocycles. The molecule has 17 nitrogen and oxygen atoms in total. The van der Waals surface area contributed by atoms with Crippen LogP contribution in [0, 0.1) is 11.3 Å². The lowest BCUT2D eigenvalue weighted by Crippen LogP contribution is -2.49. The van der Waals surface area contributed by atoms with Gasteiger partial charge in [0.15, 0.2) is 5.60 Å². The number of alkyl halides is 1. The van der Waals surface area contributed by atoms with Gasteiger partial charge in [0.2, 0.25) is 0 Å². The van der Waals surface area contributed by atoms with E-state index < -0.39 is 66.4 Å². The first-order valence-corrected chi connectivity index (χ1v) is 12.2. The van der Waals surface area contributed by atoms with Crippen LogP contribution in [0.5, 0.6) is 0 Å². The Morgan fingerprint density at radius 3 is 2.50 bits per heavy atom. The molecule has 3 unspecified atom stereocenters. The topological polar surface area (TPSA) is 274 Å². The summed E-state index contributed by atoms with van der Waals surface area (Å²) in [6.07, 6.45) is -3.88. The highest BCUT2D eigenvalue weighted by Gasteiger charge is 2.65. The number of ether oxygens (including phenoxy) is 1. The molecular weight excluding hydrogens is 508 g/mol.